The maximum absolute atomic E-state index is 12.3. The third kappa shape index (κ3) is 3.12. The first kappa shape index (κ1) is 14.4. The van der Waals surface area contributed by atoms with Gasteiger partial charge in [0.25, 0.3) is 0 Å². The van der Waals surface area contributed by atoms with Gasteiger partial charge in [-0.2, -0.15) is 9.57 Å². The highest BCUT2D eigenvalue weighted by atomic mass is 32.2. The minimum Gasteiger partial charge on any atom is -0.352 e. The second-order valence-corrected chi connectivity index (χ2v) is 6.58. The summed E-state index contributed by atoms with van der Waals surface area (Å²) in [6, 6.07) is 4.65. The van der Waals surface area contributed by atoms with Gasteiger partial charge in [-0.15, -0.1) is 0 Å². The zero-order valence-corrected chi connectivity index (χ0v) is 11.7. The Bertz CT molecular complexity index is 662. The van der Waals surface area contributed by atoms with Crippen LogP contribution in [0.4, 0.5) is 0 Å². The van der Waals surface area contributed by atoms with E-state index in [2.05, 4.69) is 10.3 Å². The Morgan fingerprint density at radius 3 is 2.90 bits per heavy atom. The van der Waals surface area contributed by atoms with Crippen LogP contribution in [-0.4, -0.2) is 43.2 Å². The first-order valence-electron chi connectivity index (χ1n) is 6.06. The number of hydrogen-bond acceptors (Lipinski definition) is 5. The molecule has 1 amide bonds. The Balaban J connectivity index is 2.16. The summed E-state index contributed by atoms with van der Waals surface area (Å²) in [5.74, 6) is -0.346. The first-order valence-corrected chi connectivity index (χ1v) is 7.50. The Labute approximate surface area is 117 Å². The fraction of sp³-hybridized carbons (Fsp3) is 0.417. The van der Waals surface area contributed by atoms with Crippen molar-refractivity contribution in [2.45, 2.75) is 23.8 Å². The number of pyridine rings is 1. The molecule has 0 spiro atoms. The molecule has 0 atom stereocenters. The zero-order valence-electron chi connectivity index (χ0n) is 10.9. The number of aromatic nitrogens is 1. The summed E-state index contributed by atoms with van der Waals surface area (Å²) in [5.41, 5.74) is -0.179. The third-order valence-electron chi connectivity index (χ3n) is 2.87. The highest BCUT2D eigenvalue weighted by molar-refractivity contribution is 7.89. The lowest BCUT2D eigenvalue weighted by atomic mass is 10.4. The lowest BCUT2D eigenvalue weighted by Crippen LogP contribution is -2.39. The molecule has 1 aromatic heterocycles. The van der Waals surface area contributed by atoms with Gasteiger partial charge in [-0.05, 0) is 25.0 Å². The summed E-state index contributed by atoms with van der Waals surface area (Å²) in [6.07, 6.45) is 3.21. The molecule has 0 unspecified atom stereocenters. The van der Waals surface area contributed by atoms with Crippen LogP contribution in [0.3, 0.4) is 0 Å². The van der Waals surface area contributed by atoms with Gasteiger partial charge in [0.2, 0.25) is 15.9 Å². The minimum atomic E-state index is -3.90. The van der Waals surface area contributed by atoms with E-state index in [0.717, 1.165) is 17.1 Å². The number of likely N-dealkylation sites (N-methyl/N-ethyl adjacent to an activating group) is 1. The molecule has 0 aromatic carbocycles. The molecule has 7 nitrogen and oxygen atoms in total. The molecule has 0 saturated heterocycles. The van der Waals surface area contributed by atoms with E-state index in [9.17, 15) is 13.2 Å². The number of nitriles is 1. The van der Waals surface area contributed by atoms with Crippen molar-refractivity contribution in [3.05, 3.63) is 24.0 Å². The summed E-state index contributed by atoms with van der Waals surface area (Å²) < 4.78 is 25.5. The number of carbonyl (C=O) groups excluding carboxylic acids is 1. The van der Waals surface area contributed by atoms with Gasteiger partial charge in [0.15, 0.2) is 5.69 Å². The molecule has 0 radical (unpaired) electrons. The van der Waals surface area contributed by atoms with E-state index in [1.54, 1.807) is 6.07 Å². The first-order chi connectivity index (χ1) is 9.45. The van der Waals surface area contributed by atoms with Gasteiger partial charge in [-0.25, -0.2) is 13.4 Å². The molecule has 1 aliphatic rings. The molecule has 8 heteroatoms. The van der Waals surface area contributed by atoms with Gasteiger partial charge in [-0.1, -0.05) is 0 Å². The Morgan fingerprint density at radius 1 is 1.60 bits per heavy atom. The summed E-state index contributed by atoms with van der Waals surface area (Å²) in [5, 5.41) is 11.6. The van der Waals surface area contributed by atoms with Crippen molar-refractivity contribution in [2.24, 2.45) is 0 Å². The molecule has 1 aliphatic carbocycles. The molecule has 1 aromatic rings. The number of sulfonamides is 1. The van der Waals surface area contributed by atoms with Crippen LogP contribution in [0.25, 0.3) is 0 Å². The van der Waals surface area contributed by atoms with Crippen molar-refractivity contribution < 1.29 is 13.2 Å². The van der Waals surface area contributed by atoms with Gasteiger partial charge in [0.1, 0.15) is 11.0 Å². The molecule has 106 valence electrons. The average molecular weight is 294 g/mol. The van der Waals surface area contributed by atoms with E-state index in [-0.39, 0.29) is 29.1 Å². The van der Waals surface area contributed by atoms with Crippen molar-refractivity contribution in [2.75, 3.05) is 13.6 Å². The Morgan fingerprint density at radius 2 is 2.30 bits per heavy atom. The Kier molecular flexibility index (Phi) is 4.01. The summed E-state index contributed by atoms with van der Waals surface area (Å²) in [4.78, 5) is 15.2. The molecule has 2 rings (SSSR count). The van der Waals surface area contributed by atoms with Crippen LogP contribution in [-0.2, 0) is 14.8 Å². The van der Waals surface area contributed by atoms with Crippen LogP contribution < -0.4 is 5.32 Å². The maximum Gasteiger partial charge on any atom is 0.246 e. The maximum atomic E-state index is 12.3. The molecular formula is C12H14N4O3S. The van der Waals surface area contributed by atoms with Gasteiger partial charge >= 0.3 is 0 Å². The second kappa shape index (κ2) is 5.56. The van der Waals surface area contributed by atoms with Crippen LogP contribution in [0.2, 0.25) is 0 Å². The van der Waals surface area contributed by atoms with Crippen molar-refractivity contribution in [3.8, 4) is 6.07 Å². The number of carbonyl (C=O) groups is 1. The SMILES string of the molecule is CN(CC(=O)NC1CC1)S(=O)(=O)c1cccnc1C#N. The lowest BCUT2D eigenvalue weighted by molar-refractivity contribution is -0.121. The van der Waals surface area contributed by atoms with Crippen molar-refractivity contribution in [1.82, 2.24) is 14.6 Å². The van der Waals surface area contributed by atoms with E-state index in [1.165, 1.54) is 25.4 Å². The monoisotopic (exact) mass is 294 g/mol. The standard InChI is InChI=1S/C12H14N4O3S/c1-16(8-12(17)15-9-4-5-9)20(18,19)11-3-2-6-14-10(11)7-13/h2-3,6,9H,4-5,8H2,1H3,(H,15,17). The molecule has 0 bridgehead atoms. The fourth-order valence-corrected chi connectivity index (χ4v) is 2.85. The number of hydrogen-bond donors (Lipinski definition) is 1. The van der Waals surface area contributed by atoms with Crippen LogP contribution in [0.15, 0.2) is 23.2 Å². The predicted molar refractivity (Wildman–Crippen MR) is 69.9 cm³/mol. The van der Waals surface area contributed by atoms with Gasteiger partial charge in [0, 0.05) is 19.3 Å². The molecule has 20 heavy (non-hydrogen) atoms. The van der Waals surface area contributed by atoms with E-state index < -0.39 is 10.0 Å². The van der Waals surface area contributed by atoms with E-state index in [0.29, 0.717) is 0 Å². The van der Waals surface area contributed by atoms with Gasteiger partial charge in [-0.3, -0.25) is 4.79 Å². The topological polar surface area (TPSA) is 103 Å². The van der Waals surface area contributed by atoms with Gasteiger partial charge in [0.05, 0.1) is 6.54 Å². The smallest absolute Gasteiger partial charge is 0.246 e. The highest BCUT2D eigenvalue weighted by Gasteiger charge is 2.28. The molecule has 1 fully saturated rings. The number of amides is 1. The largest absolute Gasteiger partial charge is 0.352 e. The fourth-order valence-electron chi connectivity index (χ4n) is 1.64. The number of nitrogens with one attached hydrogen (secondary N) is 1. The minimum absolute atomic E-state index is 0.173. The molecule has 1 saturated carbocycles. The number of rotatable bonds is 5. The molecule has 1 heterocycles. The highest BCUT2D eigenvalue weighted by Crippen LogP contribution is 2.19. The summed E-state index contributed by atoms with van der Waals surface area (Å²) >= 11 is 0. The van der Waals surface area contributed by atoms with E-state index >= 15 is 0 Å². The normalized spacial score (nSPS) is 14.8. The summed E-state index contributed by atoms with van der Waals surface area (Å²) in [7, 11) is -2.60. The lowest BCUT2D eigenvalue weighted by Gasteiger charge is -2.17. The van der Waals surface area contributed by atoms with Gasteiger partial charge < -0.3 is 5.32 Å². The van der Waals surface area contributed by atoms with Crippen molar-refractivity contribution in [3.63, 3.8) is 0 Å². The number of nitrogens with zero attached hydrogens (tertiary/aromatic N) is 3. The van der Waals surface area contributed by atoms with Crippen LogP contribution in [0.1, 0.15) is 18.5 Å². The van der Waals surface area contributed by atoms with Crippen LogP contribution in [0, 0.1) is 11.3 Å². The molecule has 0 aliphatic heterocycles. The van der Waals surface area contributed by atoms with Crippen molar-refractivity contribution >= 4 is 15.9 Å². The van der Waals surface area contributed by atoms with Crippen LogP contribution >= 0.6 is 0 Å². The van der Waals surface area contributed by atoms with E-state index in [4.69, 9.17) is 5.26 Å². The van der Waals surface area contributed by atoms with E-state index in [1.807, 2.05) is 0 Å². The second-order valence-electron chi connectivity index (χ2n) is 4.56. The zero-order chi connectivity index (χ0) is 14.8. The molecule has 1 N–H and O–H groups in total. The van der Waals surface area contributed by atoms with Crippen LogP contribution in [0.5, 0.6) is 0 Å². The summed E-state index contributed by atoms with van der Waals surface area (Å²) in [6.45, 7) is -0.279. The molecular weight excluding hydrogens is 280 g/mol. The average Bonchev–Trinajstić information content (AvgIpc) is 3.22. The Hall–Kier alpha value is -1.98. The quantitative estimate of drug-likeness (QED) is 0.813. The van der Waals surface area contributed by atoms with Crippen molar-refractivity contribution in [1.29, 1.82) is 5.26 Å². The predicted octanol–water partition coefficient (Wildman–Crippen LogP) is -0.148. The third-order valence-corrected chi connectivity index (χ3v) is 4.71.